The smallest absolute Gasteiger partial charge is 0.275 e. The van der Waals surface area contributed by atoms with Gasteiger partial charge < -0.3 is 14.8 Å². The number of hydrogen-bond donors (Lipinski definition) is 1. The van der Waals surface area contributed by atoms with E-state index in [0.29, 0.717) is 27.9 Å². The molecule has 5 rings (SSSR count). The summed E-state index contributed by atoms with van der Waals surface area (Å²) in [5.41, 5.74) is 0.758. The number of rotatable bonds is 7. The van der Waals surface area contributed by atoms with Crippen molar-refractivity contribution >= 4 is 52.7 Å². The highest BCUT2D eigenvalue weighted by molar-refractivity contribution is 7.99. The number of benzene rings is 2. The summed E-state index contributed by atoms with van der Waals surface area (Å²) in [5.74, 6) is -0.00684. The van der Waals surface area contributed by atoms with E-state index in [1.165, 1.54) is 46.9 Å². The second kappa shape index (κ2) is 9.35. The lowest BCUT2D eigenvalue weighted by Crippen LogP contribution is -2.16. The van der Waals surface area contributed by atoms with E-state index in [1.54, 1.807) is 12.1 Å². The fourth-order valence-electron chi connectivity index (χ4n) is 3.23. The molecular weight excluding hydrogens is 501 g/mol. The van der Waals surface area contributed by atoms with E-state index in [2.05, 4.69) is 25.7 Å². The van der Waals surface area contributed by atoms with Crippen LogP contribution in [-0.2, 0) is 4.79 Å². The molecule has 0 radical (unpaired) electrons. The zero-order chi connectivity index (χ0) is 24.5. The number of halogens is 2. The third-order valence-corrected chi connectivity index (χ3v) is 6.14. The molecule has 0 atom stereocenters. The van der Waals surface area contributed by atoms with Crippen molar-refractivity contribution in [1.29, 1.82) is 0 Å². The molecule has 0 spiro atoms. The molecule has 0 fully saturated rings. The molecule has 11 nitrogen and oxygen atoms in total. The van der Waals surface area contributed by atoms with Gasteiger partial charge in [-0.1, -0.05) is 29.4 Å². The van der Waals surface area contributed by atoms with Gasteiger partial charge in [0.15, 0.2) is 17.3 Å². The van der Waals surface area contributed by atoms with Gasteiger partial charge in [0.05, 0.1) is 22.7 Å². The van der Waals surface area contributed by atoms with Gasteiger partial charge in [-0.2, -0.15) is 19.4 Å². The Balaban J connectivity index is 1.28. The summed E-state index contributed by atoms with van der Waals surface area (Å²) in [7, 11) is 0. The Kier molecular flexibility index (Phi) is 6.09. The van der Waals surface area contributed by atoms with Crippen LogP contribution in [-0.4, -0.2) is 54.9 Å². The lowest BCUT2D eigenvalue weighted by Gasteiger charge is -2.10. The van der Waals surface area contributed by atoms with Gasteiger partial charge in [-0.15, -0.1) is 10.2 Å². The topological polar surface area (TPSA) is 125 Å². The summed E-state index contributed by atoms with van der Waals surface area (Å²) in [6.45, 7) is 1.45. The van der Waals surface area contributed by atoms with Crippen molar-refractivity contribution in [1.82, 2.24) is 24.5 Å². The lowest BCUT2D eigenvalue weighted by molar-refractivity contribution is -0.113. The number of hydrogen-bond acceptors (Lipinski definition) is 9. The molecule has 0 bridgehead atoms. The molecule has 2 aromatic heterocycles. The van der Waals surface area contributed by atoms with Crippen molar-refractivity contribution in [3.05, 3.63) is 58.6 Å². The number of nitrogens with one attached hydrogen (secondary N) is 1. The number of Topliss-reactive ketones (excluding diaryl/α,β-unsaturated/α-hetero) is 1. The van der Waals surface area contributed by atoms with Crippen LogP contribution in [0.5, 0.6) is 11.5 Å². The van der Waals surface area contributed by atoms with Gasteiger partial charge in [-0.3, -0.25) is 9.59 Å². The maximum absolute atomic E-state index is 14.0. The van der Waals surface area contributed by atoms with Crippen LogP contribution in [0.4, 0.5) is 10.1 Å². The highest BCUT2D eigenvalue weighted by atomic mass is 35.5. The molecule has 14 heteroatoms. The quantitative estimate of drug-likeness (QED) is 0.226. The van der Waals surface area contributed by atoms with Crippen molar-refractivity contribution in [3.63, 3.8) is 0 Å². The average Bonchev–Trinajstić information content (AvgIpc) is 3.54. The van der Waals surface area contributed by atoms with Gasteiger partial charge in [0.1, 0.15) is 12.1 Å². The summed E-state index contributed by atoms with van der Waals surface area (Å²) < 4.78 is 27.3. The molecule has 0 aliphatic carbocycles. The molecule has 178 valence electrons. The number of anilines is 1. The molecule has 35 heavy (non-hydrogen) atoms. The van der Waals surface area contributed by atoms with Crippen molar-refractivity contribution < 1.29 is 23.5 Å². The first kappa shape index (κ1) is 22.8. The number of carbonyl (C=O) groups excluding carboxylic acids is 2. The van der Waals surface area contributed by atoms with Crippen molar-refractivity contribution in [3.8, 4) is 11.5 Å². The van der Waals surface area contributed by atoms with Crippen LogP contribution >= 0.6 is 23.4 Å². The van der Waals surface area contributed by atoms with Gasteiger partial charge in [0.2, 0.25) is 17.9 Å². The fraction of sp³-hybridized carbons (Fsp3) is 0.143. The molecule has 0 saturated carbocycles. The van der Waals surface area contributed by atoms with E-state index in [-0.39, 0.29) is 40.6 Å². The molecule has 1 amide bonds. The van der Waals surface area contributed by atoms with E-state index >= 15 is 0 Å². The molecule has 1 aliphatic heterocycles. The van der Waals surface area contributed by atoms with Crippen LogP contribution in [0.1, 0.15) is 22.8 Å². The second-order valence-electron chi connectivity index (χ2n) is 7.19. The minimum Gasteiger partial charge on any atom is -0.454 e. The number of ketones is 1. The van der Waals surface area contributed by atoms with E-state index in [9.17, 15) is 14.0 Å². The van der Waals surface area contributed by atoms with Crippen LogP contribution in [0, 0.1) is 5.82 Å². The third-order valence-electron chi connectivity index (χ3n) is 4.89. The number of amides is 1. The zero-order valence-electron chi connectivity index (χ0n) is 17.9. The van der Waals surface area contributed by atoms with E-state index < -0.39 is 5.82 Å². The van der Waals surface area contributed by atoms with Gasteiger partial charge in [0, 0.05) is 17.2 Å². The van der Waals surface area contributed by atoms with Crippen LogP contribution in [0.2, 0.25) is 5.02 Å². The highest BCUT2D eigenvalue weighted by Crippen LogP contribution is 2.37. The SMILES string of the molecule is CC(=O)c1cc2c(cc1NC(=O)CSc1nnc3n(N=Cc4c(F)cccc4Cl)cnn13)OCO2. The fourth-order valence-corrected chi connectivity index (χ4v) is 4.13. The number of carbonyl (C=O) groups is 2. The van der Waals surface area contributed by atoms with E-state index in [0.717, 1.165) is 11.8 Å². The molecule has 0 saturated heterocycles. The molecular formula is C21H15ClFN7O4S. The minimum atomic E-state index is -0.517. The van der Waals surface area contributed by atoms with Gasteiger partial charge in [-0.25, -0.2) is 4.39 Å². The third kappa shape index (κ3) is 4.55. The molecule has 4 aromatic rings. The predicted octanol–water partition coefficient (Wildman–Crippen LogP) is 3.26. The largest absolute Gasteiger partial charge is 0.454 e. The monoisotopic (exact) mass is 515 g/mol. The van der Waals surface area contributed by atoms with Crippen molar-refractivity contribution in [2.24, 2.45) is 5.10 Å². The molecule has 1 N–H and O–H groups in total. The average molecular weight is 516 g/mol. The van der Waals surface area contributed by atoms with Gasteiger partial charge >= 0.3 is 0 Å². The Hall–Kier alpha value is -3.97. The lowest BCUT2D eigenvalue weighted by atomic mass is 10.1. The Morgan fingerprint density at radius 1 is 1.29 bits per heavy atom. The van der Waals surface area contributed by atoms with Crippen LogP contribution in [0.25, 0.3) is 5.78 Å². The highest BCUT2D eigenvalue weighted by Gasteiger charge is 2.21. The molecule has 2 aromatic carbocycles. The van der Waals surface area contributed by atoms with E-state index in [1.807, 2.05) is 0 Å². The Morgan fingerprint density at radius 2 is 2.09 bits per heavy atom. The Morgan fingerprint density at radius 3 is 2.86 bits per heavy atom. The second-order valence-corrected chi connectivity index (χ2v) is 8.54. The number of fused-ring (bicyclic) bond motifs is 2. The van der Waals surface area contributed by atoms with Crippen LogP contribution in [0.3, 0.4) is 0 Å². The first-order valence-electron chi connectivity index (χ1n) is 10.0. The number of ether oxygens (including phenoxy) is 2. The maximum atomic E-state index is 14.0. The van der Waals surface area contributed by atoms with Crippen molar-refractivity contribution in [2.45, 2.75) is 12.1 Å². The van der Waals surface area contributed by atoms with E-state index in [4.69, 9.17) is 21.1 Å². The summed E-state index contributed by atoms with van der Waals surface area (Å²) in [6, 6.07) is 7.41. The van der Waals surface area contributed by atoms with Crippen molar-refractivity contribution in [2.75, 3.05) is 17.9 Å². The summed E-state index contributed by atoms with van der Waals surface area (Å²) in [5, 5.41) is 19.6. The molecule has 0 unspecified atom stereocenters. The Bertz CT molecular complexity index is 1480. The summed E-state index contributed by atoms with van der Waals surface area (Å²) in [4.78, 5) is 24.6. The zero-order valence-corrected chi connectivity index (χ0v) is 19.5. The van der Waals surface area contributed by atoms with Gasteiger partial charge in [0.25, 0.3) is 5.78 Å². The Labute approximate surface area is 205 Å². The van der Waals surface area contributed by atoms with Crippen LogP contribution < -0.4 is 14.8 Å². The maximum Gasteiger partial charge on any atom is 0.275 e. The first-order chi connectivity index (χ1) is 16.9. The molecule has 3 heterocycles. The minimum absolute atomic E-state index is 0.0342. The number of nitrogens with zero attached hydrogens (tertiary/aromatic N) is 6. The number of aromatic nitrogens is 5. The molecule has 1 aliphatic rings. The first-order valence-corrected chi connectivity index (χ1v) is 11.4. The summed E-state index contributed by atoms with van der Waals surface area (Å²) >= 11 is 7.10. The standard InChI is InChI=1S/C21H15ClFN7O4S/c1-11(31)12-5-17-18(34-10-33-17)6-16(12)26-19(32)8-35-21-28-27-20-29(9-25-30(20)21)24-7-13-14(22)3-2-4-15(13)23/h2-7,9H,8,10H2,1H3,(H,26,32). The van der Waals surface area contributed by atoms with Gasteiger partial charge in [-0.05, 0) is 25.1 Å². The normalized spacial score (nSPS) is 12.5. The summed E-state index contributed by atoms with van der Waals surface area (Å²) in [6.07, 6.45) is 2.62. The predicted molar refractivity (Wildman–Crippen MR) is 125 cm³/mol. The van der Waals surface area contributed by atoms with Crippen LogP contribution in [0.15, 0.2) is 46.9 Å². The number of thioether (sulfide) groups is 1.